The van der Waals surface area contributed by atoms with Crippen molar-refractivity contribution < 1.29 is 28.3 Å². The van der Waals surface area contributed by atoms with Crippen LogP contribution in [-0.2, 0) is 16.1 Å². The van der Waals surface area contributed by atoms with E-state index in [4.69, 9.17) is 14.2 Å². The molecule has 34 heavy (non-hydrogen) atoms. The number of nitrogens with zero attached hydrogens (tertiary/aromatic N) is 2. The van der Waals surface area contributed by atoms with Crippen molar-refractivity contribution in [2.45, 2.75) is 13.5 Å². The van der Waals surface area contributed by atoms with Crippen LogP contribution in [0.3, 0.4) is 0 Å². The van der Waals surface area contributed by atoms with E-state index in [1.807, 2.05) is 0 Å². The first kappa shape index (κ1) is 22.7. The van der Waals surface area contributed by atoms with Gasteiger partial charge in [-0.25, -0.2) is 14.2 Å². The lowest BCUT2D eigenvalue weighted by atomic mass is 10.1. The lowest BCUT2D eigenvalue weighted by molar-refractivity contribution is -0.385. The van der Waals surface area contributed by atoms with Crippen LogP contribution in [0.2, 0.25) is 0 Å². The SMILES string of the molecule is COc1cc(/C=C2\N=C(c3ccc([N+](=O)[O-])c(C)c3)OC2=O)ccc1OCc1ccc(F)cc1. The van der Waals surface area contributed by atoms with Crippen molar-refractivity contribution in [1.82, 2.24) is 0 Å². The summed E-state index contributed by atoms with van der Waals surface area (Å²) in [7, 11) is 1.49. The minimum atomic E-state index is -0.637. The molecule has 172 valence electrons. The smallest absolute Gasteiger partial charge is 0.363 e. The molecule has 0 N–H and O–H groups in total. The van der Waals surface area contributed by atoms with Crippen LogP contribution < -0.4 is 9.47 Å². The first-order chi connectivity index (χ1) is 16.3. The first-order valence-corrected chi connectivity index (χ1v) is 10.2. The number of nitro benzene ring substituents is 1. The molecule has 0 saturated carbocycles. The van der Waals surface area contributed by atoms with E-state index in [1.165, 1.54) is 31.4 Å². The summed E-state index contributed by atoms with van der Waals surface area (Å²) in [6, 6.07) is 15.5. The van der Waals surface area contributed by atoms with Gasteiger partial charge in [0.05, 0.1) is 12.0 Å². The molecule has 0 unspecified atom stereocenters. The molecule has 4 rings (SSSR count). The van der Waals surface area contributed by atoms with Crippen molar-refractivity contribution in [3.8, 4) is 11.5 Å². The number of rotatable bonds is 7. The van der Waals surface area contributed by atoms with Gasteiger partial charge >= 0.3 is 5.97 Å². The number of hydrogen-bond donors (Lipinski definition) is 0. The number of ether oxygens (including phenoxy) is 3. The van der Waals surface area contributed by atoms with E-state index in [0.29, 0.717) is 28.2 Å². The van der Waals surface area contributed by atoms with Gasteiger partial charge in [0.15, 0.2) is 17.2 Å². The highest BCUT2D eigenvalue weighted by molar-refractivity contribution is 6.13. The molecule has 0 saturated heterocycles. The summed E-state index contributed by atoms with van der Waals surface area (Å²) in [5, 5.41) is 11.0. The second kappa shape index (κ2) is 9.53. The van der Waals surface area contributed by atoms with Gasteiger partial charge < -0.3 is 14.2 Å². The summed E-state index contributed by atoms with van der Waals surface area (Å²) in [6.45, 7) is 1.83. The Bertz CT molecular complexity index is 1330. The summed E-state index contributed by atoms with van der Waals surface area (Å²) in [6.07, 6.45) is 1.54. The minimum absolute atomic E-state index is 0.0294. The number of methoxy groups -OCH3 is 1. The van der Waals surface area contributed by atoms with Crippen LogP contribution in [0.4, 0.5) is 10.1 Å². The maximum absolute atomic E-state index is 13.1. The minimum Gasteiger partial charge on any atom is -0.493 e. The fraction of sp³-hybridized carbons (Fsp3) is 0.120. The number of nitro groups is 1. The number of aliphatic imine (C=N–C) groups is 1. The fourth-order valence-electron chi connectivity index (χ4n) is 3.32. The van der Waals surface area contributed by atoms with E-state index in [-0.39, 0.29) is 29.7 Å². The molecule has 1 aliphatic rings. The Labute approximate surface area is 194 Å². The van der Waals surface area contributed by atoms with Gasteiger partial charge in [-0.2, -0.15) is 0 Å². The molecule has 3 aromatic rings. The van der Waals surface area contributed by atoms with Crippen LogP contribution in [0.1, 0.15) is 22.3 Å². The zero-order valence-corrected chi connectivity index (χ0v) is 18.3. The number of benzene rings is 3. The van der Waals surface area contributed by atoms with Crippen LogP contribution in [-0.4, -0.2) is 23.9 Å². The first-order valence-electron chi connectivity index (χ1n) is 10.2. The molecular weight excluding hydrogens is 443 g/mol. The van der Waals surface area contributed by atoms with Crippen LogP contribution in [0, 0.1) is 22.9 Å². The average Bonchev–Trinajstić information content (AvgIpc) is 3.18. The number of carbonyl (C=O) groups excluding carboxylic acids is 1. The number of esters is 1. The molecule has 0 spiro atoms. The van der Waals surface area contributed by atoms with Crippen LogP contribution in [0.15, 0.2) is 71.4 Å². The Hall–Kier alpha value is -4.53. The third-order valence-electron chi connectivity index (χ3n) is 5.06. The molecule has 0 atom stereocenters. The standard InChI is InChI=1S/C25H19FN2O6/c1-15-11-18(6-9-21(15)28(30)31)24-27-20(25(29)34-24)12-17-5-10-22(23(13-17)32-2)33-14-16-3-7-19(26)8-4-16/h3-13H,14H2,1-2H3/b20-12-. The summed E-state index contributed by atoms with van der Waals surface area (Å²) in [5.41, 5.74) is 2.36. The monoisotopic (exact) mass is 462 g/mol. The Morgan fingerprint density at radius 2 is 1.85 bits per heavy atom. The van der Waals surface area contributed by atoms with Crippen molar-refractivity contribution in [2.75, 3.05) is 7.11 Å². The van der Waals surface area contributed by atoms with Gasteiger partial charge in [-0.3, -0.25) is 10.1 Å². The maximum Gasteiger partial charge on any atom is 0.363 e. The Morgan fingerprint density at radius 3 is 2.53 bits per heavy atom. The zero-order chi connectivity index (χ0) is 24.2. The topological polar surface area (TPSA) is 100 Å². The highest BCUT2D eigenvalue weighted by Gasteiger charge is 2.25. The van der Waals surface area contributed by atoms with E-state index in [1.54, 1.807) is 49.4 Å². The molecule has 9 heteroatoms. The predicted octanol–water partition coefficient (Wildman–Crippen LogP) is 4.97. The van der Waals surface area contributed by atoms with Crippen molar-refractivity contribution in [1.29, 1.82) is 0 Å². The van der Waals surface area contributed by atoms with Gasteiger partial charge in [-0.05, 0) is 60.5 Å². The molecule has 0 bridgehead atoms. The molecule has 3 aromatic carbocycles. The molecule has 0 fully saturated rings. The summed E-state index contributed by atoms with van der Waals surface area (Å²) in [4.78, 5) is 27.1. The lowest BCUT2D eigenvalue weighted by Gasteiger charge is -2.11. The highest BCUT2D eigenvalue weighted by Crippen LogP contribution is 2.31. The van der Waals surface area contributed by atoms with E-state index in [0.717, 1.165) is 5.56 Å². The maximum atomic E-state index is 13.1. The normalized spacial score (nSPS) is 14.0. The molecule has 1 aliphatic heterocycles. The zero-order valence-electron chi connectivity index (χ0n) is 18.3. The van der Waals surface area contributed by atoms with E-state index >= 15 is 0 Å². The molecule has 0 aliphatic carbocycles. The Kier molecular flexibility index (Phi) is 6.35. The largest absolute Gasteiger partial charge is 0.493 e. The van der Waals surface area contributed by atoms with E-state index in [9.17, 15) is 19.3 Å². The van der Waals surface area contributed by atoms with Crippen LogP contribution >= 0.6 is 0 Å². The summed E-state index contributed by atoms with van der Waals surface area (Å²) < 4.78 is 29.5. The van der Waals surface area contributed by atoms with Gasteiger partial charge in [-0.15, -0.1) is 0 Å². The molecule has 0 aromatic heterocycles. The Morgan fingerprint density at radius 1 is 1.09 bits per heavy atom. The quantitative estimate of drug-likeness (QED) is 0.213. The van der Waals surface area contributed by atoms with Crippen LogP contribution in [0.5, 0.6) is 11.5 Å². The Balaban J connectivity index is 1.54. The number of carbonyl (C=O) groups is 1. The van der Waals surface area contributed by atoms with Crippen molar-refractivity contribution in [2.24, 2.45) is 4.99 Å². The van der Waals surface area contributed by atoms with E-state index in [2.05, 4.69) is 4.99 Å². The molecular formula is C25H19FN2O6. The van der Waals surface area contributed by atoms with Crippen molar-refractivity contribution >= 4 is 23.6 Å². The number of cyclic esters (lactones) is 1. The van der Waals surface area contributed by atoms with Crippen molar-refractivity contribution in [3.63, 3.8) is 0 Å². The van der Waals surface area contributed by atoms with Gasteiger partial charge in [0, 0.05) is 17.2 Å². The lowest BCUT2D eigenvalue weighted by Crippen LogP contribution is -2.06. The molecule has 8 nitrogen and oxygen atoms in total. The predicted molar refractivity (Wildman–Crippen MR) is 122 cm³/mol. The third kappa shape index (κ3) is 4.93. The number of aryl methyl sites for hydroxylation is 1. The summed E-state index contributed by atoms with van der Waals surface area (Å²) >= 11 is 0. The molecule has 1 heterocycles. The van der Waals surface area contributed by atoms with Gasteiger partial charge in [-0.1, -0.05) is 18.2 Å². The fourth-order valence-corrected chi connectivity index (χ4v) is 3.32. The van der Waals surface area contributed by atoms with Gasteiger partial charge in [0.1, 0.15) is 12.4 Å². The molecule has 0 radical (unpaired) electrons. The second-order valence-corrected chi connectivity index (χ2v) is 7.42. The van der Waals surface area contributed by atoms with Gasteiger partial charge in [0.25, 0.3) is 5.69 Å². The second-order valence-electron chi connectivity index (χ2n) is 7.42. The van der Waals surface area contributed by atoms with Gasteiger partial charge in [0.2, 0.25) is 5.90 Å². The average molecular weight is 462 g/mol. The summed E-state index contributed by atoms with van der Waals surface area (Å²) in [5.74, 6) is 0.0345. The van der Waals surface area contributed by atoms with Crippen molar-refractivity contribution in [3.05, 3.63) is 105 Å². The molecule has 0 amide bonds. The number of halogens is 1. The third-order valence-corrected chi connectivity index (χ3v) is 5.06. The number of hydrogen-bond acceptors (Lipinski definition) is 7. The van der Waals surface area contributed by atoms with Crippen LogP contribution in [0.25, 0.3) is 6.08 Å². The van der Waals surface area contributed by atoms with E-state index < -0.39 is 10.9 Å². The highest BCUT2D eigenvalue weighted by atomic mass is 19.1.